The molecule has 3 N–H and O–H groups in total. The van der Waals surface area contributed by atoms with Gasteiger partial charge >= 0.3 is 11.9 Å². The number of hydrogen-bond donors (Lipinski definition) is 2. The van der Waals surface area contributed by atoms with Crippen LogP contribution in [-0.2, 0) is 19.1 Å². The molecule has 6 nitrogen and oxygen atoms in total. The Morgan fingerprint density at radius 3 is 2.07 bits per heavy atom. The molecule has 0 saturated carbocycles. The molecule has 0 aromatic carbocycles. The lowest BCUT2D eigenvalue weighted by molar-refractivity contribution is -0.171. The molecule has 88 valence electrons. The third kappa shape index (κ3) is 3.85. The summed E-state index contributed by atoms with van der Waals surface area (Å²) in [6.45, 7) is 4.44. The van der Waals surface area contributed by atoms with Crippen LogP contribution in [0.1, 0.15) is 20.8 Å². The van der Waals surface area contributed by atoms with Gasteiger partial charge in [-0.1, -0.05) is 0 Å². The molecule has 15 heavy (non-hydrogen) atoms. The summed E-state index contributed by atoms with van der Waals surface area (Å²) in [5.41, 5.74) is 2.47. The molecule has 0 rings (SSSR count). The van der Waals surface area contributed by atoms with Gasteiger partial charge in [-0.3, -0.25) is 0 Å². The fourth-order valence-electron chi connectivity index (χ4n) is 0.805. The number of carbonyl (C=O) groups excluding carboxylic acids is 1. The molecule has 0 bridgehead atoms. The van der Waals surface area contributed by atoms with Crippen molar-refractivity contribution < 1.29 is 24.2 Å². The van der Waals surface area contributed by atoms with Crippen molar-refractivity contribution in [3.8, 4) is 0 Å². The maximum atomic E-state index is 11.5. The summed E-state index contributed by atoms with van der Waals surface area (Å²) in [7, 11) is 1.26. The highest BCUT2D eigenvalue weighted by molar-refractivity contribution is 6.04. The highest BCUT2D eigenvalue weighted by Gasteiger charge is 2.45. The van der Waals surface area contributed by atoms with Crippen LogP contribution in [0.2, 0.25) is 0 Å². The molecule has 0 fully saturated rings. The number of carbonyl (C=O) groups is 2. The predicted molar refractivity (Wildman–Crippen MR) is 52.3 cm³/mol. The quantitative estimate of drug-likeness (QED) is 0.500. The van der Waals surface area contributed by atoms with Crippen molar-refractivity contribution in [2.24, 2.45) is 5.73 Å². The minimum absolute atomic E-state index is 0.433. The molecule has 6 heteroatoms. The van der Waals surface area contributed by atoms with Gasteiger partial charge in [0.1, 0.15) is 5.60 Å². The molecular weight excluding hydrogens is 202 g/mol. The summed E-state index contributed by atoms with van der Waals surface area (Å²) in [6.07, 6.45) is 0. The molecule has 0 aliphatic heterocycles. The van der Waals surface area contributed by atoms with E-state index in [4.69, 9.17) is 15.6 Å². The first-order valence-corrected chi connectivity index (χ1v) is 4.38. The van der Waals surface area contributed by atoms with Crippen molar-refractivity contribution in [2.75, 3.05) is 13.7 Å². The van der Waals surface area contributed by atoms with Gasteiger partial charge in [0.25, 0.3) is 0 Å². The Hall–Kier alpha value is -1.14. The number of nitrogens with two attached hydrogens (primary N) is 1. The maximum absolute atomic E-state index is 11.5. The third-order valence-electron chi connectivity index (χ3n) is 1.52. The third-order valence-corrected chi connectivity index (χ3v) is 1.52. The average Bonchev–Trinajstić information content (AvgIpc) is 2.00. The van der Waals surface area contributed by atoms with Crippen LogP contribution in [0.5, 0.6) is 0 Å². The number of carboxylic acids is 1. The minimum atomic E-state index is -2.15. The second-order valence-electron chi connectivity index (χ2n) is 4.21. The summed E-state index contributed by atoms with van der Waals surface area (Å²) in [6, 6.07) is 0. The van der Waals surface area contributed by atoms with Crippen molar-refractivity contribution in [3.63, 3.8) is 0 Å². The molecule has 0 unspecified atom stereocenters. The number of hydrogen-bond acceptors (Lipinski definition) is 5. The first-order chi connectivity index (χ1) is 6.63. The van der Waals surface area contributed by atoms with Gasteiger partial charge in [0, 0.05) is 7.11 Å². The predicted octanol–water partition coefficient (Wildman–Crippen LogP) is -0.243. The zero-order chi connectivity index (χ0) is 12.3. The van der Waals surface area contributed by atoms with Crippen LogP contribution in [-0.4, -0.2) is 41.9 Å². The van der Waals surface area contributed by atoms with Crippen LogP contribution >= 0.6 is 0 Å². The lowest BCUT2D eigenvalue weighted by Gasteiger charge is -2.27. The van der Waals surface area contributed by atoms with Gasteiger partial charge in [-0.05, 0) is 20.8 Å². The Labute approximate surface area is 88.3 Å². The Morgan fingerprint density at radius 2 is 1.80 bits per heavy atom. The summed E-state index contributed by atoms with van der Waals surface area (Å²) in [5, 5.41) is 8.83. The van der Waals surface area contributed by atoms with Gasteiger partial charge in [0.15, 0.2) is 0 Å². The molecule has 0 radical (unpaired) electrons. The monoisotopic (exact) mass is 219 g/mol. The van der Waals surface area contributed by atoms with Crippen molar-refractivity contribution >= 4 is 11.9 Å². The number of methoxy groups -OCH3 is 1. The molecule has 0 spiro atoms. The van der Waals surface area contributed by atoms with Gasteiger partial charge in [0.05, 0.1) is 6.61 Å². The second-order valence-corrected chi connectivity index (χ2v) is 4.21. The standard InChI is InChI=1S/C9H17NO5/c1-8(2,3)15-7(13)9(10,5-14-4)6(11)12/h5,10H2,1-4H3,(H,11,12)/t9-/m1/s1. The van der Waals surface area contributed by atoms with Crippen LogP contribution in [0.3, 0.4) is 0 Å². The van der Waals surface area contributed by atoms with E-state index in [0.717, 1.165) is 0 Å². The maximum Gasteiger partial charge on any atom is 0.340 e. The molecule has 0 amide bonds. The number of rotatable bonds is 4. The summed E-state index contributed by atoms with van der Waals surface area (Å²) >= 11 is 0. The minimum Gasteiger partial charge on any atom is -0.479 e. The zero-order valence-corrected chi connectivity index (χ0v) is 9.36. The lowest BCUT2D eigenvalue weighted by Crippen LogP contribution is -2.60. The molecule has 1 atom stereocenters. The summed E-state index contributed by atoms with van der Waals surface area (Å²) < 4.78 is 9.49. The molecular formula is C9H17NO5. The second kappa shape index (κ2) is 4.59. The van der Waals surface area contributed by atoms with Crippen molar-refractivity contribution in [3.05, 3.63) is 0 Å². The van der Waals surface area contributed by atoms with Crippen molar-refractivity contribution in [2.45, 2.75) is 31.9 Å². The van der Waals surface area contributed by atoms with Gasteiger partial charge in [0.2, 0.25) is 5.54 Å². The van der Waals surface area contributed by atoms with E-state index < -0.39 is 29.7 Å². The lowest BCUT2D eigenvalue weighted by atomic mass is 10.0. The fraction of sp³-hybridized carbons (Fsp3) is 0.778. The number of ether oxygens (including phenoxy) is 2. The van der Waals surface area contributed by atoms with Crippen LogP contribution < -0.4 is 5.73 Å². The molecule has 0 aliphatic rings. The first kappa shape index (κ1) is 13.9. The smallest absolute Gasteiger partial charge is 0.340 e. The van der Waals surface area contributed by atoms with E-state index in [1.54, 1.807) is 20.8 Å². The van der Waals surface area contributed by atoms with Crippen LogP contribution in [0, 0.1) is 0 Å². The normalized spacial score (nSPS) is 15.5. The number of aliphatic carboxylic acids is 1. The van der Waals surface area contributed by atoms with Crippen molar-refractivity contribution in [1.29, 1.82) is 0 Å². The largest absolute Gasteiger partial charge is 0.479 e. The SMILES string of the molecule is COC[C@@](N)(C(=O)O)C(=O)OC(C)(C)C. The number of carboxylic acid groups (broad SMARTS) is 1. The van der Waals surface area contributed by atoms with Crippen LogP contribution in [0.4, 0.5) is 0 Å². The van der Waals surface area contributed by atoms with E-state index in [9.17, 15) is 9.59 Å². The first-order valence-electron chi connectivity index (χ1n) is 4.38. The van der Waals surface area contributed by atoms with Gasteiger partial charge in [-0.15, -0.1) is 0 Å². The highest BCUT2D eigenvalue weighted by atomic mass is 16.6. The van der Waals surface area contributed by atoms with E-state index in [1.165, 1.54) is 7.11 Å². The van der Waals surface area contributed by atoms with Gasteiger partial charge in [-0.2, -0.15) is 0 Å². The van der Waals surface area contributed by atoms with Crippen LogP contribution in [0.15, 0.2) is 0 Å². The average molecular weight is 219 g/mol. The Bertz CT molecular complexity index is 258. The Balaban J connectivity index is 4.79. The zero-order valence-electron chi connectivity index (χ0n) is 9.36. The van der Waals surface area contributed by atoms with E-state index in [0.29, 0.717) is 0 Å². The van der Waals surface area contributed by atoms with Gasteiger partial charge in [-0.25, -0.2) is 9.59 Å². The van der Waals surface area contributed by atoms with E-state index in [2.05, 4.69) is 4.74 Å². The van der Waals surface area contributed by atoms with Crippen molar-refractivity contribution in [1.82, 2.24) is 0 Å². The van der Waals surface area contributed by atoms with E-state index in [1.807, 2.05) is 0 Å². The summed E-state index contributed by atoms with van der Waals surface area (Å²) in [4.78, 5) is 22.3. The van der Waals surface area contributed by atoms with E-state index >= 15 is 0 Å². The topological polar surface area (TPSA) is 98.9 Å². The highest BCUT2D eigenvalue weighted by Crippen LogP contribution is 2.13. The van der Waals surface area contributed by atoms with Crippen LogP contribution in [0.25, 0.3) is 0 Å². The van der Waals surface area contributed by atoms with Gasteiger partial charge < -0.3 is 20.3 Å². The summed E-state index contributed by atoms with van der Waals surface area (Å²) in [5.74, 6) is -2.48. The molecule has 0 aromatic heterocycles. The molecule has 0 aliphatic carbocycles. The van der Waals surface area contributed by atoms with E-state index in [-0.39, 0.29) is 0 Å². The molecule has 0 heterocycles. The Morgan fingerprint density at radius 1 is 1.33 bits per heavy atom. The molecule has 0 aromatic rings. The fourth-order valence-corrected chi connectivity index (χ4v) is 0.805. The number of esters is 1. The molecule has 0 saturated heterocycles. The Kier molecular flexibility index (Phi) is 4.24.